The van der Waals surface area contributed by atoms with Crippen molar-refractivity contribution in [1.82, 2.24) is 9.78 Å². The number of nitrogens with one attached hydrogen (secondary N) is 1. The van der Waals surface area contributed by atoms with Crippen LogP contribution < -0.4 is 14.8 Å². The van der Waals surface area contributed by atoms with E-state index < -0.39 is 0 Å². The van der Waals surface area contributed by atoms with Crippen LogP contribution in [0.1, 0.15) is 10.4 Å². The van der Waals surface area contributed by atoms with Crippen LogP contribution in [0.2, 0.25) is 0 Å². The maximum Gasteiger partial charge on any atom is 0.279 e. The van der Waals surface area contributed by atoms with E-state index in [1.54, 1.807) is 23.9 Å². The van der Waals surface area contributed by atoms with Crippen LogP contribution in [0.5, 0.6) is 0 Å². The summed E-state index contributed by atoms with van der Waals surface area (Å²) in [4.78, 5) is 22.0. The zero-order valence-corrected chi connectivity index (χ0v) is 17.1. The molecular weight excluding hydrogens is 394 g/mol. The zero-order chi connectivity index (χ0) is 20.8. The molecule has 0 saturated heterocycles. The molecular formula is C23H19N5OS. The van der Waals surface area contributed by atoms with E-state index in [-0.39, 0.29) is 5.91 Å². The Hall–Kier alpha value is -3.84. The number of nitrogens with zero attached hydrogens (tertiary/aromatic N) is 4. The molecule has 0 aliphatic rings. The van der Waals surface area contributed by atoms with Gasteiger partial charge in [0.15, 0.2) is 10.5 Å². The predicted molar refractivity (Wildman–Crippen MR) is 119 cm³/mol. The molecule has 6 nitrogen and oxygen atoms in total. The number of carbonyl (C=O) groups is 1. The van der Waals surface area contributed by atoms with Gasteiger partial charge in [-0.05, 0) is 36.4 Å². The molecule has 148 valence electrons. The van der Waals surface area contributed by atoms with Gasteiger partial charge in [-0.2, -0.15) is 4.99 Å². The summed E-state index contributed by atoms with van der Waals surface area (Å²) >= 11 is 1.30. The highest BCUT2D eigenvalue weighted by Crippen LogP contribution is 2.13. The van der Waals surface area contributed by atoms with Gasteiger partial charge in [0.2, 0.25) is 4.80 Å². The first-order valence-electron chi connectivity index (χ1n) is 9.33. The van der Waals surface area contributed by atoms with E-state index in [9.17, 15) is 4.79 Å². The van der Waals surface area contributed by atoms with Gasteiger partial charge in [0, 0.05) is 18.3 Å². The molecule has 0 radical (unpaired) electrons. The van der Waals surface area contributed by atoms with Gasteiger partial charge in [0.1, 0.15) is 0 Å². The molecule has 0 bridgehead atoms. The number of aromatic nitrogens is 2. The van der Waals surface area contributed by atoms with Gasteiger partial charge in [0.05, 0.1) is 5.69 Å². The second kappa shape index (κ2) is 9.11. The number of aryl methyl sites for hydroxylation is 1. The van der Waals surface area contributed by atoms with Crippen LogP contribution in [0, 0.1) is 0 Å². The zero-order valence-electron chi connectivity index (χ0n) is 16.3. The standard InChI is InChI=1S/C23H19N5OS/c1-28-23(26-21(29)17-11-5-2-6-12-17)30-22(25-19-15-9-4-10-16-19)20(27-28)24-18-13-7-3-8-14-18/h2-16H,1H3,(H,24,27). The van der Waals surface area contributed by atoms with Crippen molar-refractivity contribution >= 4 is 34.4 Å². The van der Waals surface area contributed by atoms with Gasteiger partial charge < -0.3 is 5.32 Å². The Balaban J connectivity index is 1.84. The third kappa shape index (κ3) is 4.76. The number of amides is 1. The molecule has 0 saturated carbocycles. The van der Waals surface area contributed by atoms with Crippen molar-refractivity contribution in [2.24, 2.45) is 17.0 Å². The highest BCUT2D eigenvalue weighted by molar-refractivity contribution is 7.06. The van der Waals surface area contributed by atoms with Gasteiger partial charge in [-0.3, -0.25) is 4.79 Å². The molecule has 0 spiro atoms. The number of para-hydroxylation sites is 2. The molecule has 0 unspecified atom stereocenters. The number of hydrogen-bond donors (Lipinski definition) is 1. The first-order valence-corrected chi connectivity index (χ1v) is 10.1. The molecule has 1 aromatic heterocycles. The molecule has 0 fully saturated rings. The van der Waals surface area contributed by atoms with Crippen molar-refractivity contribution in [2.45, 2.75) is 0 Å². The van der Waals surface area contributed by atoms with E-state index in [1.807, 2.05) is 78.9 Å². The largest absolute Gasteiger partial charge is 0.336 e. The average Bonchev–Trinajstić information content (AvgIpc) is 2.79. The number of rotatable bonds is 4. The van der Waals surface area contributed by atoms with Gasteiger partial charge in [-0.1, -0.05) is 65.9 Å². The number of carbonyl (C=O) groups excluding carboxylic acids is 1. The molecule has 1 amide bonds. The summed E-state index contributed by atoms with van der Waals surface area (Å²) < 4.78 is 2.21. The molecule has 30 heavy (non-hydrogen) atoms. The summed E-state index contributed by atoms with van der Waals surface area (Å²) in [6, 6.07) is 28.3. The molecule has 0 atom stereocenters. The van der Waals surface area contributed by atoms with Crippen LogP contribution in [0.15, 0.2) is 101 Å². The van der Waals surface area contributed by atoms with E-state index in [1.165, 1.54) is 11.3 Å². The third-order valence-electron chi connectivity index (χ3n) is 4.16. The van der Waals surface area contributed by atoms with Crippen LogP contribution in [0.25, 0.3) is 0 Å². The lowest BCUT2D eigenvalue weighted by molar-refractivity contribution is 0.0997. The highest BCUT2D eigenvalue weighted by atomic mass is 32.1. The third-order valence-corrected chi connectivity index (χ3v) is 5.17. The molecule has 7 heteroatoms. The maximum absolute atomic E-state index is 12.6. The fourth-order valence-corrected chi connectivity index (χ4v) is 3.51. The minimum atomic E-state index is -0.321. The van der Waals surface area contributed by atoms with Crippen LogP contribution in [-0.4, -0.2) is 15.7 Å². The predicted octanol–water partition coefficient (Wildman–Crippen LogP) is 4.20. The summed E-state index contributed by atoms with van der Waals surface area (Å²) in [5.41, 5.74) is 2.21. The smallest absolute Gasteiger partial charge is 0.279 e. The first kappa shape index (κ1) is 19.5. The quantitative estimate of drug-likeness (QED) is 0.545. The normalized spacial score (nSPS) is 12.0. The second-order valence-corrected chi connectivity index (χ2v) is 7.34. The molecule has 3 aromatic carbocycles. The fraction of sp³-hybridized carbons (Fsp3) is 0.0435. The average molecular weight is 414 g/mol. The minimum absolute atomic E-state index is 0.321. The molecule has 4 aromatic rings. The van der Waals surface area contributed by atoms with E-state index in [0.717, 1.165) is 11.4 Å². The van der Waals surface area contributed by atoms with Crippen molar-refractivity contribution in [3.05, 3.63) is 106 Å². The molecule has 1 N–H and O–H groups in total. The summed E-state index contributed by atoms with van der Waals surface area (Å²) in [7, 11) is 1.76. The van der Waals surface area contributed by atoms with Crippen molar-refractivity contribution in [3.63, 3.8) is 0 Å². The van der Waals surface area contributed by atoms with Gasteiger partial charge in [-0.25, -0.2) is 9.67 Å². The summed E-state index contributed by atoms with van der Waals surface area (Å²) in [6.45, 7) is 0. The number of hydrogen-bond acceptors (Lipinski definition) is 5. The minimum Gasteiger partial charge on any atom is -0.336 e. The highest BCUT2D eigenvalue weighted by Gasteiger charge is 2.07. The van der Waals surface area contributed by atoms with Crippen LogP contribution >= 0.6 is 11.3 Å². The maximum atomic E-state index is 12.6. The van der Waals surface area contributed by atoms with Gasteiger partial charge in [-0.15, -0.1) is 5.10 Å². The fourth-order valence-electron chi connectivity index (χ4n) is 2.70. The lowest BCUT2D eigenvalue weighted by Gasteiger charge is -2.08. The lowest BCUT2D eigenvalue weighted by Crippen LogP contribution is -2.26. The van der Waals surface area contributed by atoms with Crippen molar-refractivity contribution in [1.29, 1.82) is 0 Å². The van der Waals surface area contributed by atoms with Crippen molar-refractivity contribution in [3.8, 4) is 0 Å². The SMILES string of the molecule is Cn1nc(Nc2ccccc2)c(=Nc2ccccc2)sc1=NC(=O)c1ccccc1. The van der Waals surface area contributed by atoms with E-state index >= 15 is 0 Å². The molecule has 0 aliphatic carbocycles. The Morgan fingerprint density at radius 3 is 2.17 bits per heavy atom. The monoisotopic (exact) mass is 413 g/mol. The topological polar surface area (TPSA) is 71.6 Å². The first-order chi connectivity index (χ1) is 14.7. The summed E-state index contributed by atoms with van der Waals surface area (Å²) in [5, 5.41) is 7.89. The van der Waals surface area contributed by atoms with Crippen molar-refractivity contribution in [2.75, 3.05) is 5.32 Å². The van der Waals surface area contributed by atoms with Gasteiger partial charge >= 0.3 is 0 Å². The Bertz CT molecular complexity index is 1280. The Kier molecular flexibility index (Phi) is 5.91. The van der Waals surface area contributed by atoms with Crippen LogP contribution in [0.4, 0.5) is 17.2 Å². The summed E-state index contributed by atoms with van der Waals surface area (Å²) in [6.07, 6.45) is 0. The second-order valence-electron chi connectivity index (χ2n) is 6.38. The molecule has 4 rings (SSSR count). The Morgan fingerprint density at radius 2 is 1.50 bits per heavy atom. The molecule has 0 aliphatic heterocycles. The Morgan fingerprint density at radius 1 is 0.900 bits per heavy atom. The number of anilines is 2. The van der Waals surface area contributed by atoms with Crippen LogP contribution in [-0.2, 0) is 7.05 Å². The Labute approximate surface area is 177 Å². The van der Waals surface area contributed by atoms with Gasteiger partial charge in [0.25, 0.3) is 5.91 Å². The van der Waals surface area contributed by atoms with E-state index in [0.29, 0.717) is 20.9 Å². The lowest BCUT2D eigenvalue weighted by atomic mass is 10.2. The number of benzene rings is 3. The van der Waals surface area contributed by atoms with Crippen molar-refractivity contribution < 1.29 is 4.79 Å². The molecule has 1 heterocycles. The summed E-state index contributed by atoms with van der Waals surface area (Å²) in [5.74, 6) is 0.266. The van der Waals surface area contributed by atoms with E-state index in [2.05, 4.69) is 15.4 Å². The van der Waals surface area contributed by atoms with E-state index in [4.69, 9.17) is 4.99 Å². The van der Waals surface area contributed by atoms with Crippen LogP contribution in [0.3, 0.4) is 0 Å².